The van der Waals surface area contributed by atoms with Gasteiger partial charge in [-0.05, 0) is 69.4 Å². The summed E-state index contributed by atoms with van der Waals surface area (Å²) in [5.74, 6) is -0.434. The molecular weight excluding hydrogens is 477 g/mol. The van der Waals surface area contributed by atoms with Gasteiger partial charge in [-0.15, -0.1) is 0 Å². The predicted molar refractivity (Wildman–Crippen MR) is 137 cm³/mol. The summed E-state index contributed by atoms with van der Waals surface area (Å²) in [6.45, 7) is 5.53. The summed E-state index contributed by atoms with van der Waals surface area (Å²) in [4.78, 5) is 39.9. The van der Waals surface area contributed by atoms with E-state index in [0.29, 0.717) is 41.5 Å². The van der Waals surface area contributed by atoms with E-state index in [2.05, 4.69) is 15.3 Å². The van der Waals surface area contributed by atoms with Crippen molar-refractivity contribution in [3.8, 4) is 0 Å². The summed E-state index contributed by atoms with van der Waals surface area (Å²) in [6, 6.07) is 3.52. The number of amides is 3. The number of aryl methyl sites for hydroxylation is 1. The minimum atomic E-state index is -0.623. The van der Waals surface area contributed by atoms with Crippen molar-refractivity contribution in [2.75, 3.05) is 37.7 Å². The smallest absolute Gasteiger partial charge is 0.409 e. The third kappa shape index (κ3) is 5.29. The molecule has 2 aromatic rings. The Bertz CT molecular complexity index is 1180. The van der Waals surface area contributed by atoms with Crippen molar-refractivity contribution in [1.82, 2.24) is 20.0 Å². The zero-order valence-electron chi connectivity index (χ0n) is 21.7. The molecule has 0 radical (unpaired) electrons. The summed E-state index contributed by atoms with van der Waals surface area (Å²) in [6.07, 6.45) is 5.72. The van der Waals surface area contributed by atoms with Gasteiger partial charge in [-0.2, -0.15) is 5.10 Å². The first kappa shape index (κ1) is 25.5. The number of hydrogen-bond acceptors (Lipinski definition) is 6. The Morgan fingerprint density at radius 3 is 2.41 bits per heavy atom. The minimum absolute atomic E-state index is 0.198. The molecule has 200 valence electrons. The molecule has 3 aliphatic heterocycles. The highest BCUT2D eigenvalue weighted by atomic mass is 19.1. The number of halogens is 1. The van der Waals surface area contributed by atoms with Gasteiger partial charge < -0.3 is 14.5 Å². The molecular formula is C27H36FN5O4. The molecule has 3 aliphatic rings. The largest absolute Gasteiger partial charge is 0.450 e. The van der Waals surface area contributed by atoms with Crippen LogP contribution in [0.2, 0.25) is 0 Å². The summed E-state index contributed by atoms with van der Waals surface area (Å²) in [5.41, 5.74) is 1.90. The van der Waals surface area contributed by atoms with Crippen molar-refractivity contribution in [3.05, 3.63) is 23.6 Å². The maximum atomic E-state index is 15.4. The van der Waals surface area contributed by atoms with Gasteiger partial charge in [0.05, 0.1) is 29.1 Å². The van der Waals surface area contributed by atoms with Crippen LogP contribution in [-0.2, 0) is 21.4 Å². The minimum Gasteiger partial charge on any atom is -0.450 e. The molecule has 1 atom stereocenters. The molecule has 3 fully saturated rings. The normalized spacial score (nSPS) is 22.0. The molecule has 1 unspecified atom stereocenters. The summed E-state index contributed by atoms with van der Waals surface area (Å²) in [5, 5.41) is 7.21. The maximum absolute atomic E-state index is 15.4. The average molecular weight is 514 g/mol. The van der Waals surface area contributed by atoms with Crippen LogP contribution in [0.3, 0.4) is 0 Å². The molecule has 3 amide bonds. The van der Waals surface area contributed by atoms with Crippen molar-refractivity contribution in [1.29, 1.82) is 0 Å². The van der Waals surface area contributed by atoms with Gasteiger partial charge in [-0.1, -0.05) is 0 Å². The molecule has 37 heavy (non-hydrogen) atoms. The maximum Gasteiger partial charge on any atom is 0.409 e. The number of ether oxygens (including phenoxy) is 1. The van der Waals surface area contributed by atoms with Crippen molar-refractivity contribution < 1.29 is 23.5 Å². The number of rotatable bonds is 5. The standard InChI is InChI=1S/C27H36FN5O4/c1-3-37-27(36)33-12-8-18(9-13-33)14-17-6-10-32(11-7-17)19-15-21(28)24-22(16-19)31(2)30-25(24)20-4-5-23(34)29-26(20)35/h15-18,20H,3-14H2,1-2H3,(H,29,34,35). The van der Waals surface area contributed by atoms with Crippen molar-refractivity contribution >= 4 is 34.5 Å². The molecule has 9 nitrogen and oxygen atoms in total. The fourth-order valence-electron chi connectivity index (χ4n) is 6.20. The number of hydrogen-bond donors (Lipinski definition) is 1. The SMILES string of the molecule is CCOC(=O)N1CCC(CC2CCN(c3cc(F)c4c(C5CCC(=O)NC5=O)nn(C)c4c3)CC2)CC1. The van der Waals surface area contributed by atoms with E-state index in [1.807, 2.05) is 17.9 Å². The van der Waals surface area contributed by atoms with Crippen molar-refractivity contribution in [3.63, 3.8) is 0 Å². The van der Waals surface area contributed by atoms with Crippen LogP contribution in [0.15, 0.2) is 12.1 Å². The van der Waals surface area contributed by atoms with Crippen LogP contribution < -0.4 is 10.2 Å². The van der Waals surface area contributed by atoms with Gasteiger partial charge >= 0.3 is 6.09 Å². The van der Waals surface area contributed by atoms with E-state index in [1.165, 1.54) is 6.42 Å². The first-order valence-corrected chi connectivity index (χ1v) is 13.5. The summed E-state index contributed by atoms with van der Waals surface area (Å²) < 4.78 is 22.2. The molecule has 10 heteroatoms. The number of nitrogens with zero attached hydrogens (tertiary/aromatic N) is 4. The zero-order chi connectivity index (χ0) is 26.1. The van der Waals surface area contributed by atoms with Gasteiger partial charge in [0, 0.05) is 45.3 Å². The zero-order valence-corrected chi connectivity index (χ0v) is 21.7. The Hall–Kier alpha value is -3.17. The van der Waals surface area contributed by atoms with Crippen LogP contribution in [0, 0.1) is 17.7 Å². The number of benzene rings is 1. The highest BCUT2D eigenvalue weighted by Crippen LogP contribution is 2.36. The number of carbonyl (C=O) groups is 3. The lowest BCUT2D eigenvalue weighted by molar-refractivity contribution is -0.134. The van der Waals surface area contributed by atoms with Crippen LogP contribution in [0.1, 0.15) is 63.5 Å². The van der Waals surface area contributed by atoms with Gasteiger partial charge in [-0.3, -0.25) is 19.6 Å². The Kier molecular flexibility index (Phi) is 7.35. The van der Waals surface area contributed by atoms with E-state index < -0.39 is 11.8 Å². The number of fused-ring (bicyclic) bond motifs is 1. The first-order valence-electron chi connectivity index (χ1n) is 13.5. The lowest BCUT2D eigenvalue weighted by atomic mass is 9.83. The lowest BCUT2D eigenvalue weighted by Gasteiger charge is -2.37. The molecule has 0 spiro atoms. The number of nitrogens with one attached hydrogen (secondary N) is 1. The van der Waals surface area contributed by atoms with Crippen molar-refractivity contribution in [2.24, 2.45) is 18.9 Å². The molecule has 5 rings (SSSR count). The molecule has 4 heterocycles. The lowest BCUT2D eigenvalue weighted by Crippen LogP contribution is -2.40. The Morgan fingerprint density at radius 1 is 1.08 bits per heavy atom. The second-order valence-electron chi connectivity index (χ2n) is 10.6. The highest BCUT2D eigenvalue weighted by Gasteiger charge is 2.33. The van der Waals surface area contributed by atoms with E-state index in [4.69, 9.17) is 4.74 Å². The number of anilines is 1. The van der Waals surface area contributed by atoms with Crippen LogP contribution in [0.4, 0.5) is 14.9 Å². The van der Waals surface area contributed by atoms with Gasteiger partial charge in [0.1, 0.15) is 5.82 Å². The van der Waals surface area contributed by atoms with E-state index in [0.717, 1.165) is 57.5 Å². The first-order chi connectivity index (χ1) is 17.8. The number of imide groups is 1. The predicted octanol–water partition coefficient (Wildman–Crippen LogP) is 3.71. The highest BCUT2D eigenvalue weighted by molar-refractivity contribution is 6.02. The Labute approximate surface area is 216 Å². The van der Waals surface area contributed by atoms with E-state index in [-0.39, 0.29) is 24.2 Å². The van der Waals surface area contributed by atoms with Crippen LogP contribution in [0.25, 0.3) is 10.9 Å². The molecule has 1 N–H and O–H groups in total. The third-order valence-corrected chi connectivity index (χ3v) is 8.27. The molecule has 0 aliphatic carbocycles. The van der Waals surface area contributed by atoms with Crippen LogP contribution >= 0.6 is 0 Å². The fourth-order valence-corrected chi connectivity index (χ4v) is 6.20. The monoisotopic (exact) mass is 513 g/mol. The second-order valence-corrected chi connectivity index (χ2v) is 10.6. The summed E-state index contributed by atoms with van der Waals surface area (Å²) >= 11 is 0. The van der Waals surface area contributed by atoms with Gasteiger partial charge in [-0.25, -0.2) is 9.18 Å². The quantitative estimate of drug-likeness (QED) is 0.613. The van der Waals surface area contributed by atoms with Crippen molar-refractivity contribution in [2.45, 2.75) is 57.8 Å². The van der Waals surface area contributed by atoms with E-state index >= 15 is 4.39 Å². The van der Waals surface area contributed by atoms with E-state index in [9.17, 15) is 14.4 Å². The molecule has 1 aromatic heterocycles. The van der Waals surface area contributed by atoms with Gasteiger partial charge in [0.15, 0.2) is 0 Å². The molecule has 0 bridgehead atoms. The fraction of sp³-hybridized carbons (Fsp3) is 0.630. The third-order valence-electron chi connectivity index (χ3n) is 8.27. The van der Waals surface area contributed by atoms with E-state index in [1.54, 1.807) is 17.8 Å². The van der Waals surface area contributed by atoms with Crippen LogP contribution in [0.5, 0.6) is 0 Å². The average Bonchev–Trinajstić information content (AvgIpc) is 3.21. The topological polar surface area (TPSA) is 96.8 Å². The number of carbonyl (C=O) groups excluding carboxylic acids is 3. The molecule has 1 aromatic carbocycles. The summed E-state index contributed by atoms with van der Waals surface area (Å²) in [7, 11) is 1.76. The second kappa shape index (κ2) is 10.7. The van der Waals surface area contributed by atoms with Gasteiger partial charge in [0.25, 0.3) is 0 Å². The number of likely N-dealkylation sites (tertiary alicyclic amines) is 1. The molecule has 0 saturated carbocycles. The molecule has 3 saturated heterocycles. The number of aromatic nitrogens is 2. The number of piperidine rings is 3. The van der Waals surface area contributed by atoms with Gasteiger partial charge in [0.2, 0.25) is 11.8 Å². The Morgan fingerprint density at radius 2 is 1.76 bits per heavy atom. The Balaban J connectivity index is 1.21. The van der Waals surface area contributed by atoms with Crippen LogP contribution in [-0.4, -0.2) is 65.4 Å².